The second-order valence-electron chi connectivity index (χ2n) is 5.02. The number of benzene rings is 1. The summed E-state index contributed by atoms with van der Waals surface area (Å²) in [6.45, 7) is 5.67. The van der Waals surface area contributed by atoms with Crippen LogP contribution in [0.15, 0.2) is 6.07 Å². The Kier molecular flexibility index (Phi) is 4.29. The predicted molar refractivity (Wildman–Crippen MR) is 75.4 cm³/mol. The van der Waals surface area contributed by atoms with Gasteiger partial charge in [0.2, 0.25) is 0 Å². The molecule has 2 heterocycles. The van der Waals surface area contributed by atoms with E-state index < -0.39 is 0 Å². The quantitative estimate of drug-likeness (QED) is 0.921. The van der Waals surface area contributed by atoms with Crippen LogP contribution in [0.1, 0.15) is 5.56 Å². The molecule has 1 N–H and O–H groups in total. The SMILES string of the molecule is Fc1c(Cl)cc2c(c1CCN1CCNCC1)OCCO2. The normalized spacial score (nSPS) is 19.1. The maximum atomic E-state index is 14.2. The van der Waals surface area contributed by atoms with Crippen molar-refractivity contribution in [2.24, 2.45) is 0 Å². The molecule has 2 aliphatic heterocycles. The van der Waals surface area contributed by atoms with Gasteiger partial charge in [0.25, 0.3) is 0 Å². The van der Waals surface area contributed by atoms with E-state index >= 15 is 0 Å². The van der Waals surface area contributed by atoms with Crippen LogP contribution in [0.3, 0.4) is 0 Å². The predicted octanol–water partition coefficient (Wildman–Crippen LogP) is 1.70. The van der Waals surface area contributed by atoms with E-state index in [1.807, 2.05) is 0 Å². The molecule has 0 spiro atoms. The van der Waals surface area contributed by atoms with Crippen molar-refractivity contribution in [3.63, 3.8) is 0 Å². The molecule has 1 saturated heterocycles. The molecule has 1 fully saturated rings. The van der Waals surface area contributed by atoms with Crippen molar-refractivity contribution in [1.29, 1.82) is 0 Å². The lowest BCUT2D eigenvalue weighted by molar-refractivity contribution is 0.167. The third-order valence-corrected chi connectivity index (χ3v) is 3.98. The van der Waals surface area contributed by atoms with E-state index in [0.29, 0.717) is 36.7 Å². The van der Waals surface area contributed by atoms with Crippen molar-refractivity contribution < 1.29 is 13.9 Å². The van der Waals surface area contributed by atoms with Crippen LogP contribution in [-0.4, -0.2) is 50.8 Å². The molecule has 0 bridgehead atoms. The van der Waals surface area contributed by atoms with Crippen LogP contribution in [0.2, 0.25) is 5.02 Å². The molecule has 0 aliphatic carbocycles. The summed E-state index contributed by atoms with van der Waals surface area (Å²) >= 11 is 5.94. The fourth-order valence-corrected chi connectivity index (χ4v) is 2.84. The molecule has 4 nitrogen and oxygen atoms in total. The minimum atomic E-state index is -0.383. The van der Waals surface area contributed by atoms with Gasteiger partial charge in [0, 0.05) is 44.4 Å². The van der Waals surface area contributed by atoms with Gasteiger partial charge >= 0.3 is 0 Å². The van der Waals surface area contributed by atoms with Gasteiger partial charge < -0.3 is 19.7 Å². The highest BCUT2D eigenvalue weighted by Crippen LogP contribution is 2.39. The van der Waals surface area contributed by atoms with Crippen LogP contribution in [0.25, 0.3) is 0 Å². The molecule has 1 aromatic rings. The highest BCUT2D eigenvalue weighted by Gasteiger charge is 2.23. The number of piperazine rings is 1. The Bertz CT molecular complexity index is 493. The molecular formula is C14H18ClFN2O2. The largest absolute Gasteiger partial charge is 0.486 e. The van der Waals surface area contributed by atoms with E-state index in [0.717, 1.165) is 32.7 Å². The third kappa shape index (κ3) is 2.85. The first-order valence-electron chi connectivity index (χ1n) is 6.95. The van der Waals surface area contributed by atoms with E-state index in [1.165, 1.54) is 6.07 Å². The number of ether oxygens (including phenoxy) is 2. The van der Waals surface area contributed by atoms with E-state index in [9.17, 15) is 4.39 Å². The summed E-state index contributed by atoms with van der Waals surface area (Å²) in [6.07, 6.45) is 0.581. The van der Waals surface area contributed by atoms with Gasteiger partial charge in [-0.2, -0.15) is 0 Å². The molecule has 1 aromatic carbocycles. The van der Waals surface area contributed by atoms with Crippen molar-refractivity contribution in [3.8, 4) is 11.5 Å². The number of nitrogens with zero attached hydrogens (tertiary/aromatic N) is 1. The van der Waals surface area contributed by atoms with Crippen LogP contribution in [-0.2, 0) is 6.42 Å². The van der Waals surface area contributed by atoms with Gasteiger partial charge in [0.1, 0.15) is 19.0 Å². The van der Waals surface area contributed by atoms with Gasteiger partial charge in [-0.1, -0.05) is 11.6 Å². The average molecular weight is 301 g/mol. The van der Waals surface area contributed by atoms with Crippen LogP contribution in [0, 0.1) is 5.82 Å². The number of halogens is 2. The maximum absolute atomic E-state index is 14.2. The van der Waals surface area contributed by atoms with Gasteiger partial charge in [-0.25, -0.2) is 4.39 Å². The monoisotopic (exact) mass is 300 g/mol. The highest BCUT2D eigenvalue weighted by atomic mass is 35.5. The molecule has 0 saturated carbocycles. The zero-order valence-electron chi connectivity index (χ0n) is 11.3. The summed E-state index contributed by atoms with van der Waals surface area (Å²) in [6, 6.07) is 1.50. The van der Waals surface area contributed by atoms with Crippen molar-refractivity contribution in [3.05, 3.63) is 22.5 Å². The lowest BCUT2D eigenvalue weighted by Gasteiger charge is -2.28. The van der Waals surface area contributed by atoms with Gasteiger partial charge in [-0.3, -0.25) is 0 Å². The molecular weight excluding hydrogens is 283 g/mol. The van der Waals surface area contributed by atoms with Crippen LogP contribution in [0.4, 0.5) is 4.39 Å². The van der Waals surface area contributed by atoms with Gasteiger partial charge in [-0.05, 0) is 6.42 Å². The van der Waals surface area contributed by atoms with Gasteiger partial charge in [-0.15, -0.1) is 0 Å². The van der Waals surface area contributed by atoms with Gasteiger partial charge in [0.15, 0.2) is 11.5 Å². The first-order chi connectivity index (χ1) is 9.75. The van der Waals surface area contributed by atoms with Crippen LogP contribution >= 0.6 is 11.6 Å². The third-order valence-electron chi connectivity index (χ3n) is 3.71. The number of rotatable bonds is 3. The maximum Gasteiger partial charge on any atom is 0.167 e. The molecule has 0 radical (unpaired) electrons. The lowest BCUT2D eigenvalue weighted by Crippen LogP contribution is -2.44. The lowest BCUT2D eigenvalue weighted by atomic mass is 10.1. The minimum absolute atomic E-state index is 0.101. The Labute approximate surface area is 122 Å². The van der Waals surface area contributed by atoms with Crippen molar-refractivity contribution >= 4 is 11.6 Å². The minimum Gasteiger partial charge on any atom is -0.486 e. The van der Waals surface area contributed by atoms with Crippen molar-refractivity contribution in [2.75, 3.05) is 45.9 Å². The van der Waals surface area contributed by atoms with E-state index in [4.69, 9.17) is 21.1 Å². The zero-order chi connectivity index (χ0) is 13.9. The fourth-order valence-electron chi connectivity index (χ4n) is 2.63. The van der Waals surface area contributed by atoms with Crippen molar-refractivity contribution in [1.82, 2.24) is 10.2 Å². The highest BCUT2D eigenvalue weighted by molar-refractivity contribution is 6.31. The van der Waals surface area contributed by atoms with E-state index in [1.54, 1.807) is 0 Å². The Balaban J connectivity index is 1.78. The number of hydrogen-bond acceptors (Lipinski definition) is 4. The van der Waals surface area contributed by atoms with Gasteiger partial charge in [0.05, 0.1) is 5.02 Å². The summed E-state index contributed by atoms with van der Waals surface area (Å²) < 4.78 is 25.3. The topological polar surface area (TPSA) is 33.7 Å². The van der Waals surface area contributed by atoms with Crippen LogP contribution in [0.5, 0.6) is 11.5 Å². The standard InChI is InChI=1S/C14H18ClFN2O2/c15-11-9-12-14(20-8-7-19-12)10(13(11)16)1-4-18-5-2-17-3-6-18/h9,17H,1-8H2. The zero-order valence-corrected chi connectivity index (χ0v) is 12.0. The Morgan fingerprint density at radius 2 is 2.00 bits per heavy atom. The molecule has 20 heavy (non-hydrogen) atoms. The fraction of sp³-hybridized carbons (Fsp3) is 0.571. The molecule has 2 aliphatic rings. The summed E-state index contributed by atoms with van der Waals surface area (Å²) in [4.78, 5) is 2.31. The second kappa shape index (κ2) is 6.16. The Hall–Kier alpha value is -1.04. The van der Waals surface area contributed by atoms with E-state index in [2.05, 4.69) is 10.2 Å². The summed E-state index contributed by atoms with van der Waals surface area (Å²) in [5, 5.41) is 3.40. The Morgan fingerprint density at radius 3 is 2.80 bits per heavy atom. The molecule has 3 rings (SSSR count). The smallest absolute Gasteiger partial charge is 0.167 e. The molecule has 0 aromatic heterocycles. The first kappa shape index (κ1) is 13.9. The Morgan fingerprint density at radius 1 is 1.25 bits per heavy atom. The number of fused-ring (bicyclic) bond motifs is 1. The summed E-state index contributed by atoms with van der Waals surface area (Å²) in [5.74, 6) is 0.692. The number of hydrogen-bond donors (Lipinski definition) is 1. The summed E-state index contributed by atoms with van der Waals surface area (Å²) in [7, 11) is 0. The second-order valence-corrected chi connectivity index (χ2v) is 5.42. The van der Waals surface area contributed by atoms with Crippen LogP contribution < -0.4 is 14.8 Å². The molecule has 110 valence electrons. The average Bonchev–Trinajstić information content (AvgIpc) is 2.49. The molecule has 6 heteroatoms. The van der Waals surface area contributed by atoms with E-state index in [-0.39, 0.29) is 10.8 Å². The number of nitrogens with one attached hydrogen (secondary N) is 1. The first-order valence-corrected chi connectivity index (χ1v) is 7.33. The molecule has 0 atom stereocenters. The molecule has 0 amide bonds. The van der Waals surface area contributed by atoms with Crippen molar-refractivity contribution in [2.45, 2.75) is 6.42 Å². The summed E-state index contributed by atoms with van der Waals surface area (Å²) in [5.41, 5.74) is 0.533. The molecule has 0 unspecified atom stereocenters.